The third kappa shape index (κ3) is 4.37. The summed E-state index contributed by atoms with van der Waals surface area (Å²) in [5, 5.41) is 5.40. The average molecular weight is 331 g/mol. The molecule has 0 saturated carbocycles. The summed E-state index contributed by atoms with van der Waals surface area (Å²) in [6.45, 7) is 6.97. The molecule has 0 aliphatic carbocycles. The number of morpholine rings is 1. The van der Waals surface area contributed by atoms with Gasteiger partial charge in [0.15, 0.2) is 5.01 Å². The fraction of sp³-hybridized carbons (Fsp3) is 0.412. The number of benzene rings is 1. The fourth-order valence-electron chi connectivity index (χ4n) is 2.54. The topological polar surface area (TPSA) is 54.5 Å². The van der Waals surface area contributed by atoms with E-state index in [1.807, 2.05) is 17.5 Å². The van der Waals surface area contributed by atoms with Crippen LogP contribution in [0, 0.1) is 6.92 Å². The van der Waals surface area contributed by atoms with Crippen molar-refractivity contribution in [2.24, 2.45) is 0 Å². The Morgan fingerprint density at radius 1 is 1.39 bits per heavy atom. The molecule has 1 N–H and O–H groups in total. The van der Waals surface area contributed by atoms with Crippen molar-refractivity contribution < 1.29 is 9.53 Å². The first-order chi connectivity index (χ1) is 11.2. The Morgan fingerprint density at radius 2 is 2.22 bits per heavy atom. The summed E-state index contributed by atoms with van der Waals surface area (Å²) in [5.74, 6) is -0.0952. The number of carbonyl (C=O) groups excluding carboxylic acids is 1. The van der Waals surface area contributed by atoms with Gasteiger partial charge in [-0.3, -0.25) is 9.69 Å². The van der Waals surface area contributed by atoms with Crippen LogP contribution in [0.1, 0.15) is 15.4 Å². The number of carbonyl (C=O) groups is 1. The van der Waals surface area contributed by atoms with Crippen LogP contribution < -0.4 is 5.32 Å². The van der Waals surface area contributed by atoms with Gasteiger partial charge in [0.05, 0.1) is 18.9 Å². The summed E-state index contributed by atoms with van der Waals surface area (Å²) in [7, 11) is 0. The lowest BCUT2D eigenvalue weighted by molar-refractivity contribution is 0.0383. The van der Waals surface area contributed by atoms with Crippen molar-refractivity contribution in [3.05, 3.63) is 40.2 Å². The zero-order valence-electron chi connectivity index (χ0n) is 13.2. The van der Waals surface area contributed by atoms with E-state index in [0.717, 1.165) is 44.1 Å². The molecule has 6 heteroatoms. The summed E-state index contributed by atoms with van der Waals surface area (Å²) >= 11 is 1.39. The molecule has 0 radical (unpaired) electrons. The van der Waals surface area contributed by atoms with Crippen molar-refractivity contribution in [2.45, 2.75) is 6.92 Å². The van der Waals surface area contributed by atoms with Crippen molar-refractivity contribution in [2.75, 3.05) is 39.4 Å². The van der Waals surface area contributed by atoms with Crippen LogP contribution in [0.15, 0.2) is 29.6 Å². The molecule has 2 heterocycles. The van der Waals surface area contributed by atoms with Crippen LogP contribution in [-0.4, -0.2) is 55.2 Å². The van der Waals surface area contributed by atoms with Gasteiger partial charge < -0.3 is 10.1 Å². The van der Waals surface area contributed by atoms with E-state index in [2.05, 4.69) is 34.3 Å². The minimum absolute atomic E-state index is 0.0952. The molecule has 0 unspecified atom stereocenters. The average Bonchev–Trinajstić information content (AvgIpc) is 3.06. The van der Waals surface area contributed by atoms with Crippen molar-refractivity contribution >= 4 is 17.2 Å². The maximum absolute atomic E-state index is 12.2. The van der Waals surface area contributed by atoms with Crippen molar-refractivity contribution in [1.29, 1.82) is 0 Å². The monoisotopic (exact) mass is 331 g/mol. The number of aromatic nitrogens is 1. The number of thiazole rings is 1. The number of nitrogens with one attached hydrogen (secondary N) is 1. The number of rotatable bonds is 5. The maximum atomic E-state index is 12.2. The zero-order valence-corrected chi connectivity index (χ0v) is 14.1. The summed E-state index contributed by atoms with van der Waals surface area (Å²) in [5.41, 5.74) is 3.10. The highest BCUT2D eigenvalue weighted by Crippen LogP contribution is 2.22. The van der Waals surface area contributed by atoms with Crippen LogP contribution in [0.25, 0.3) is 11.3 Å². The highest BCUT2D eigenvalue weighted by atomic mass is 32.1. The lowest BCUT2D eigenvalue weighted by Gasteiger charge is -2.26. The molecule has 0 spiro atoms. The Kier molecular flexibility index (Phi) is 5.38. The number of aryl methyl sites for hydroxylation is 1. The maximum Gasteiger partial charge on any atom is 0.280 e. The predicted molar refractivity (Wildman–Crippen MR) is 91.9 cm³/mol. The predicted octanol–water partition coefficient (Wildman–Crippen LogP) is 2.18. The Hall–Kier alpha value is -1.76. The minimum atomic E-state index is -0.0952. The molecule has 3 rings (SSSR count). The van der Waals surface area contributed by atoms with Gasteiger partial charge in [-0.25, -0.2) is 4.98 Å². The van der Waals surface area contributed by atoms with E-state index in [1.165, 1.54) is 16.9 Å². The number of hydrogen-bond donors (Lipinski definition) is 1. The van der Waals surface area contributed by atoms with Crippen LogP contribution in [-0.2, 0) is 4.74 Å². The number of ether oxygens (including phenoxy) is 1. The van der Waals surface area contributed by atoms with Gasteiger partial charge in [0.25, 0.3) is 5.91 Å². The largest absolute Gasteiger partial charge is 0.379 e. The SMILES string of the molecule is Cc1cccc(-c2csc(C(=O)NCCN3CCOCC3)n2)c1. The van der Waals surface area contributed by atoms with Crippen LogP contribution in [0.5, 0.6) is 0 Å². The molecule has 1 amide bonds. The lowest BCUT2D eigenvalue weighted by Crippen LogP contribution is -2.41. The normalized spacial score (nSPS) is 15.5. The molecule has 1 fully saturated rings. The number of nitrogens with zero attached hydrogens (tertiary/aromatic N) is 2. The summed E-state index contributed by atoms with van der Waals surface area (Å²) in [4.78, 5) is 18.9. The van der Waals surface area contributed by atoms with Gasteiger partial charge in [0.2, 0.25) is 0 Å². The molecule has 1 saturated heterocycles. The van der Waals surface area contributed by atoms with Crippen LogP contribution >= 0.6 is 11.3 Å². The fourth-order valence-corrected chi connectivity index (χ4v) is 3.29. The molecule has 122 valence electrons. The third-order valence-corrected chi connectivity index (χ3v) is 4.67. The van der Waals surface area contributed by atoms with Gasteiger partial charge in [0.1, 0.15) is 0 Å². The Morgan fingerprint density at radius 3 is 3.00 bits per heavy atom. The third-order valence-electron chi connectivity index (χ3n) is 3.83. The second kappa shape index (κ2) is 7.68. The first-order valence-electron chi connectivity index (χ1n) is 7.83. The standard InChI is InChI=1S/C17H21N3O2S/c1-13-3-2-4-14(11-13)15-12-23-17(19-15)16(21)18-5-6-20-7-9-22-10-8-20/h2-4,11-12H,5-10H2,1H3,(H,18,21). The van der Waals surface area contributed by atoms with Crippen LogP contribution in [0.4, 0.5) is 0 Å². The molecular formula is C17H21N3O2S. The van der Waals surface area contributed by atoms with Gasteiger partial charge in [-0.15, -0.1) is 11.3 Å². The first kappa shape index (κ1) is 16.1. The molecule has 0 atom stereocenters. The van der Waals surface area contributed by atoms with E-state index >= 15 is 0 Å². The quantitative estimate of drug-likeness (QED) is 0.912. The van der Waals surface area contributed by atoms with Crippen molar-refractivity contribution in [1.82, 2.24) is 15.2 Å². The molecule has 23 heavy (non-hydrogen) atoms. The van der Waals surface area contributed by atoms with E-state index in [4.69, 9.17) is 4.74 Å². The molecule has 5 nitrogen and oxygen atoms in total. The smallest absolute Gasteiger partial charge is 0.280 e. The van der Waals surface area contributed by atoms with E-state index in [9.17, 15) is 4.79 Å². The van der Waals surface area contributed by atoms with E-state index < -0.39 is 0 Å². The molecule has 2 aromatic rings. The Bertz CT molecular complexity index is 665. The minimum Gasteiger partial charge on any atom is -0.379 e. The first-order valence-corrected chi connectivity index (χ1v) is 8.71. The Labute approximate surface area is 140 Å². The highest BCUT2D eigenvalue weighted by Gasteiger charge is 2.13. The molecule has 1 aromatic heterocycles. The zero-order chi connectivity index (χ0) is 16.1. The van der Waals surface area contributed by atoms with Crippen molar-refractivity contribution in [3.63, 3.8) is 0 Å². The Balaban J connectivity index is 1.54. The van der Waals surface area contributed by atoms with Gasteiger partial charge in [-0.1, -0.05) is 23.8 Å². The summed E-state index contributed by atoms with van der Waals surface area (Å²) in [6, 6.07) is 8.15. The van der Waals surface area contributed by atoms with Gasteiger partial charge >= 0.3 is 0 Å². The number of hydrogen-bond acceptors (Lipinski definition) is 5. The second-order valence-electron chi connectivity index (χ2n) is 5.62. The van der Waals surface area contributed by atoms with E-state index in [0.29, 0.717) is 11.6 Å². The van der Waals surface area contributed by atoms with Crippen LogP contribution in [0.3, 0.4) is 0 Å². The molecule has 1 aliphatic heterocycles. The van der Waals surface area contributed by atoms with E-state index in [1.54, 1.807) is 0 Å². The van der Waals surface area contributed by atoms with Gasteiger partial charge in [0, 0.05) is 37.1 Å². The second-order valence-corrected chi connectivity index (χ2v) is 6.48. The van der Waals surface area contributed by atoms with Gasteiger partial charge in [-0.05, 0) is 13.0 Å². The highest BCUT2D eigenvalue weighted by molar-refractivity contribution is 7.12. The molecular weight excluding hydrogens is 310 g/mol. The molecule has 0 bridgehead atoms. The summed E-state index contributed by atoms with van der Waals surface area (Å²) in [6.07, 6.45) is 0. The van der Waals surface area contributed by atoms with Crippen molar-refractivity contribution in [3.8, 4) is 11.3 Å². The lowest BCUT2D eigenvalue weighted by atomic mass is 10.1. The summed E-state index contributed by atoms with van der Waals surface area (Å²) < 4.78 is 5.31. The van der Waals surface area contributed by atoms with Crippen LogP contribution in [0.2, 0.25) is 0 Å². The molecule has 1 aliphatic rings. The molecule has 1 aromatic carbocycles. The number of amides is 1. The van der Waals surface area contributed by atoms with Gasteiger partial charge in [-0.2, -0.15) is 0 Å². The van der Waals surface area contributed by atoms with E-state index in [-0.39, 0.29) is 5.91 Å².